The Morgan fingerprint density at radius 2 is 1.65 bits per heavy atom. The van der Waals surface area contributed by atoms with Crippen molar-refractivity contribution in [3.63, 3.8) is 0 Å². The second-order valence-corrected chi connectivity index (χ2v) is 6.47. The second-order valence-electron chi connectivity index (χ2n) is 6.47. The lowest BCUT2D eigenvalue weighted by Gasteiger charge is -2.32. The second kappa shape index (κ2) is 6.24. The van der Waals surface area contributed by atoms with Crippen LogP contribution in [0.3, 0.4) is 0 Å². The molecule has 0 radical (unpaired) electrons. The molecule has 0 aliphatic rings. The van der Waals surface area contributed by atoms with E-state index in [1.54, 1.807) is 54.4 Å². The minimum atomic E-state index is -0.982. The summed E-state index contributed by atoms with van der Waals surface area (Å²) in [7, 11) is 1.76. The molecule has 0 heterocycles. The van der Waals surface area contributed by atoms with Gasteiger partial charge in [0, 0.05) is 18.2 Å². The molecule has 1 amide bonds. The predicted octanol–water partition coefficient (Wildman–Crippen LogP) is 3.92. The first kappa shape index (κ1) is 16.7. The first-order chi connectivity index (χ1) is 10.7. The summed E-state index contributed by atoms with van der Waals surface area (Å²) in [5.41, 5.74) is 1.80. The van der Waals surface area contributed by atoms with Gasteiger partial charge < -0.3 is 10.0 Å². The molecule has 0 spiro atoms. The summed E-state index contributed by atoms with van der Waals surface area (Å²) < 4.78 is 0. The molecule has 0 aliphatic carbocycles. The summed E-state index contributed by atoms with van der Waals surface area (Å²) in [6.07, 6.45) is 0. The molecule has 4 heteroatoms. The van der Waals surface area contributed by atoms with E-state index < -0.39 is 5.97 Å². The number of carboxylic acids is 1. The molecule has 0 saturated heterocycles. The van der Waals surface area contributed by atoms with Gasteiger partial charge in [-0.05, 0) is 50.1 Å². The molecule has 4 nitrogen and oxygen atoms in total. The Balaban J connectivity index is 2.46. The Morgan fingerprint density at radius 3 is 2.26 bits per heavy atom. The number of amides is 1. The van der Waals surface area contributed by atoms with Gasteiger partial charge in [0.2, 0.25) is 0 Å². The lowest BCUT2D eigenvalue weighted by atomic mass is 9.97. The van der Waals surface area contributed by atoms with Crippen LogP contribution in [-0.2, 0) is 0 Å². The van der Waals surface area contributed by atoms with E-state index in [0.717, 1.165) is 5.56 Å². The van der Waals surface area contributed by atoms with Gasteiger partial charge in [0.15, 0.2) is 0 Å². The van der Waals surface area contributed by atoms with Gasteiger partial charge >= 0.3 is 5.97 Å². The van der Waals surface area contributed by atoms with Crippen LogP contribution in [0.2, 0.25) is 0 Å². The van der Waals surface area contributed by atoms with Crippen molar-refractivity contribution in [3.05, 3.63) is 59.7 Å². The first-order valence-corrected chi connectivity index (χ1v) is 7.42. The van der Waals surface area contributed by atoms with Gasteiger partial charge in [-0.3, -0.25) is 4.79 Å². The molecule has 0 aliphatic heterocycles. The zero-order valence-corrected chi connectivity index (χ0v) is 13.8. The largest absolute Gasteiger partial charge is 0.478 e. The number of nitrogens with zero attached hydrogens (tertiary/aromatic N) is 1. The van der Waals surface area contributed by atoms with Gasteiger partial charge in [0.05, 0.1) is 5.56 Å². The smallest absolute Gasteiger partial charge is 0.336 e. The maximum atomic E-state index is 12.6. The number of carbonyl (C=O) groups is 2. The molecule has 23 heavy (non-hydrogen) atoms. The van der Waals surface area contributed by atoms with Crippen LogP contribution >= 0.6 is 0 Å². The van der Waals surface area contributed by atoms with Crippen molar-refractivity contribution < 1.29 is 14.7 Å². The van der Waals surface area contributed by atoms with Crippen molar-refractivity contribution in [3.8, 4) is 11.1 Å². The van der Waals surface area contributed by atoms with Crippen LogP contribution in [0.25, 0.3) is 11.1 Å². The lowest BCUT2D eigenvalue weighted by Crippen LogP contribution is -2.42. The minimum absolute atomic E-state index is 0.0906. The number of carboxylic acid groups (broad SMARTS) is 1. The zero-order valence-electron chi connectivity index (χ0n) is 13.8. The molecular weight excluding hydrogens is 290 g/mol. The summed E-state index contributed by atoms with van der Waals surface area (Å²) in [4.78, 5) is 25.7. The predicted molar refractivity (Wildman–Crippen MR) is 90.7 cm³/mol. The molecule has 0 aromatic heterocycles. The fourth-order valence-corrected chi connectivity index (χ4v) is 2.24. The molecule has 0 saturated carbocycles. The van der Waals surface area contributed by atoms with Crippen LogP contribution in [0, 0.1) is 0 Å². The fraction of sp³-hybridized carbons (Fsp3) is 0.263. The highest BCUT2D eigenvalue weighted by atomic mass is 16.4. The van der Waals surface area contributed by atoms with Crippen molar-refractivity contribution in [1.29, 1.82) is 0 Å². The summed E-state index contributed by atoms with van der Waals surface area (Å²) in [6, 6.07) is 13.9. The Labute approximate surface area is 136 Å². The van der Waals surface area contributed by atoms with Crippen molar-refractivity contribution in [2.45, 2.75) is 26.3 Å². The highest BCUT2D eigenvalue weighted by Gasteiger charge is 2.23. The Kier molecular flexibility index (Phi) is 4.55. The third kappa shape index (κ3) is 3.59. The van der Waals surface area contributed by atoms with Crippen LogP contribution < -0.4 is 0 Å². The van der Waals surface area contributed by atoms with Crippen molar-refractivity contribution in [2.24, 2.45) is 0 Å². The summed E-state index contributed by atoms with van der Waals surface area (Å²) in [6.45, 7) is 5.90. The fourth-order valence-electron chi connectivity index (χ4n) is 2.24. The minimum Gasteiger partial charge on any atom is -0.478 e. The third-order valence-electron chi connectivity index (χ3n) is 3.89. The van der Waals surface area contributed by atoms with E-state index >= 15 is 0 Å². The Bertz CT molecular complexity index is 744. The highest BCUT2D eigenvalue weighted by Crippen LogP contribution is 2.25. The van der Waals surface area contributed by atoms with Crippen LogP contribution in [-0.4, -0.2) is 34.5 Å². The van der Waals surface area contributed by atoms with Crippen LogP contribution in [0.1, 0.15) is 41.5 Å². The molecule has 2 rings (SSSR count). The quantitative estimate of drug-likeness (QED) is 0.934. The summed E-state index contributed by atoms with van der Waals surface area (Å²) in [5, 5.41) is 9.33. The van der Waals surface area contributed by atoms with Gasteiger partial charge in [-0.25, -0.2) is 4.79 Å². The highest BCUT2D eigenvalue weighted by molar-refractivity contribution is 5.99. The number of hydrogen-bond donors (Lipinski definition) is 1. The van der Waals surface area contributed by atoms with Crippen molar-refractivity contribution in [2.75, 3.05) is 7.05 Å². The monoisotopic (exact) mass is 311 g/mol. The molecule has 0 unspecified atom stereocenters. The third-order valence-corrected chi connectivity index (χ3v) is 3.89. The standard InChI is InChI=1S/C19H21NO3/c1-19(2,3)20(4)17(21)14-9-7-8-13(12-14)15-10-5-6-11-16(15)18(22)23/h5-12H,1-4H3,(H,22,23). The average Bonchev–Trinajstić information content (AvgIpc) is 2.52. The molecule has 2 aromatic rings. The molecular formula is C19H21NO3. The zero-order chi connectivity index (χ0) is 17.2. The maximum Gasteiger partial charge on any atom is 0.336 e. The van der Waals surface area contributed by atoms with E-state index in [1.165, 1.54) is 0 Å². The SMILES string of the molecule is CN(C(=O)c1cccc(-c2ccccc2C(=O)O)c1)C(C)(C)C. The van der Waals surface area contributed by atoms with E-state index in [2.05, 4.69) is 0 Å². The first-order valence-electron chi connectivity index (χ1n) is 7.42. The number of benzene rings is 2. The van der Waals surface area contributed by atoms with Gasteiger partial charge in [0.25, 0.3) is 5.91 Å². The van der Waals surface area contributed by atoms with E-state index in [-0.39, 0.29) is 17.0 Å². The topological polar surface area (TPSA) is 57.6 Å². The van der Waals surface area contributed by atoms with Crippen LogP contribution in [0.4, 0.5) is 0 Å². The molecule has 2 aromatic carbocycles. The molecule has 0 bridgehead atoms. The van der Waals surface area contributed by atoms with Crippen molar-refractivity contribution >= 4 is 11.9 Å². The molecule has 0 fully saturated rings. The van der Waals surface area contributed by atoms with E-state index in [4.69, 9.17) is 0 Å². The van der Waals surface area contributed by atoms with Gasteiger partial charge in [0.1, 0.15) is 0 Å². The lowest BCUT2D eigenvalue weighted by molar-refractivity contribution is 0.0654. The number of aromatic carboxylic acids is 1. The number of carbonyl (C=O) groups excluding carboxylic acids is 1. The molecule has 120 valence electrons. The Morgan fingerprint density at radius 1 is 1.00 bits per heavy atom. The summed E-state index contributed by atoms with van der Waals surface area (Å²) in [5.74, 6) is -1.07. The van der Waals surface area contributed by atoms with Gasteiger partial charge in [-0.2, -0.15) is 0 Å². The van der Waals surface area contributed by atoms with Crippen LogP contribution in [0.15, 0.2) is 48.5 Å². The van der Waals surface area contributed by atoms with Gasteiger partial charge in [-0.1, -0.05) is 30.3 Å². The number of hydrogen-bond acceptors (Lipinski definition) is 2. The van der Waals surface area contributed by atoms with Crippen molar-refractivity contribution in [1.82, 2.24) is 4.90 Å². The normalized spacial score (nSPS) is 11.1. The Hall–Kier alpha value is -2.62. The van der Waals surface area contributed by atoms with E-state index in [9.17, 15) is 14.7 Å². The van der Waals surface area contributed by atoms with E-state index in [0.29, 0.717) is 11.1 Å². The molecule has 0 atom stereocenters. The maximum absolute atomic E-state index is 12.6. The van der Waals surface area contributed by atoms with Crippen LogP contribution in [0.5, 0.6) is 0 Å². The average molecular weight is 311 g/mol. The number of rotatable bonds is 3. The summed E-state index contributed by atoms with van der Waals surface area (Å²) >= 11 is 0. The van der Waals surface area contributed by atoms with Gasteiger partial charge in [-0.15, -0.1) is 0 Å². The van der Waals surface area contributed by atoms with E-state index in [1.807, 2.05) is 26.8 Å². The molecule has 1 N–H and O–H groups in total.